The molecule has 0 atom stereocenters. The zero-order valence-electron chi connectivity index (χ0n) is 8.40. The number of anilines is 1. The molecule has 0 fully saturated rings. The van der Waals surface area contributed by atoms with Gasteiger partial charge in [0.1, 0.15) is 11.5 Å². The molecule has 2 heterocycles. The molecule has 0 unspecified atom stereocenters. The molecule has 2 rings (SSSR count). The van der Waals surface area contributed by atoms with Gasteiger partial charge in [0.05, 0.1) is 5.56 Å². The van der Waals surface area contributed by atoms with Gasteiger partial charge in [0, 0.05) is 12.7 Å². The maximum atomic E-state index is 11.6. The summed E-state index contributed by atoms with van der Waals surface area (Å²) in [7, 11) is 0. The summed E-state index contributed by atoms with van der Waals surface area (Å²) in [6, 6.07) is 1.95. The van der Waals surface area contributed by atoms with Crippen LogP contribution >= 0.6 is 0 Å². The molecule has 3 N–H and O–H groups in total. The zero-order valence-corrected chi connectivity index (χ0v) is 8.40. The van der Waals surface area contributed by atoms with Crippen molar-refractivity contribution in [1.82, 2.24) is 14.5 Å². The number of H-pyrrole nitrogens is 1. The Kier molecular flexibility index (Phi) is 2.21. The van der Waals surface area contributed by atoms with Crippen LogP contribution < -0.4 is 11.3 Å². The lowest BCUT2D eigenvalue weighted by molar-refractivity contribution is 0.849. The predicted octanol–water partition coefficient (Wildman–Crippen LogP) is 0.364. The molecule has 0 spiro atoms. The zero-order chi connectivity index (χ0) is 11.7. The first-order valence-electron chi connectivity index (χ1n) is 4.57. The molecule has 0 radical (unpaired) electrons. The smallest absolute Gasteiger partial charge is 0.263 e. The Bertz CT molecular complexity index is 658. The molecule has 0 amide bonds. The van der Waals surface area contributed by atoms with Gasteiger partial charge in [-0.05, 0) is 0 Å². The van der Waals surface area contributed by atoms with Crippen LogP contribution in [-0.2, 0) is 6.54 Å². The number of aromatic nitrogens is 3. The van der Waals surface area contributed by atoms with Gasteiger partial charge in [-0.3, -0.25) is 9.78 Å². The molecular weight excluding hydrogens is 206 g/mol. The van der Waals surface area contributed by atoms with Crippen molar-refractivity contribution in [2.45, 2.75) is 6.54 Å². The fraction of sp³-hybridized carbons (Fsp3) is 0.100. The Balaban J connectivity index is 2.91. The number of hydrogen-bond acceptors (Lipinski definition) is 4. The molecule has 6 nitrogen and oxygen atoms in total. The third kappa shape index (κ3) is 1.35. The average molecular weight is 215 g/mol. The highest BCUT2D eigenvalue weighted by molar-refractivity contribution is 5.83. The number of nitrogen functional groups attached to an aromatic ring is 1. The van der Waals surface area contributed by atoms with Crippen LogP contribution in [0.4, 0.5) is 5.95 Å². The van der Waals surface area contributed by atoms with Crippen molar-refractivity contribution in [1.29, 1.82) is 5.26 Å². The number of aromatic amines is 1. The molecule has 0 saturated heterocycles. The van der Waals surface area contributed by atoms with Crippen molar-refractivity contribution < 1.29 is 0 Å². The number of rotatable bonds is 2. The fourth-order valence-corrected chi connectivity index (χ4v) is 1.57. The number of nitrogens with zero attached hydrogens (tertiary/aromatic N) is 3. The summed E-state index contributed by atoms with van der Waals surface area (Å²) >= 11 is 0. The van der Waals surface area contributed by atoms with Gasteiger partial charge in [-0.2, -0.15) is 10.2 Å². The Hall–Kier alpha value is -2.55. The molecule has 0 saturated carbocycles. The number of nitriles is 1. The van der Waals surface area contributed by atoms with E-state index in [1.807, 2.05) is 6.07 Å². The molecule has 6 heteroatoms. The summed E-state index contributed by atoms with van der Waals surface area (Å²) in [6.45, 7) is 4.06. The van der Waals surface area contributed by atoms with Gasteiger partial charge < -0.3 is 10.3 Å². The summed E-state index contributed by atoms with van der Waals surface area (Å²) in [5.74, 6) is 0.0328. The lowest BCUT2D eigenvalue weighted by Crippen LogP contribution is -2.12. The SMILES string of the molecule is C=CCn1cc(C#N)c2c(=O)[nH]c(N)nc21. The first-order chi connectivity index (χ1) is 7.67. The second-order valence-corrected chi connectivity index (χ2v) is 3.25. The Morgan fingerprint density at radius 2 is 2.50 bits per heavy atom. The van der Waals surface area contributed by atoms with Crippen LogP contribution in [-0.4, -0.2) is 14.5 Å². The van der Waals surface area contributed by atoms with Crippen LogP contribution in [0.25, 0.3) is 11.0 Å². The topological polar surface area (TPSA) is 100 Å². The van der Waals surface area contributed by atoms with Crippen LogP contribution in [0.5, 0.6) is 0 Å². The number of allylic oxidation sites excluding steroid dienone is 1. The third-order valence-corrected chi connectivity index (χ3v) is 2.19. The van der Waals surface area contributed by atoms with Crippen LogP contribution in [0.3, 0.4) is 0 Å². The Labute approximate surface area is 90.6 Å². The summed E-state index contributed by atoms with van der Waals surface area (Å²) in [6.07, 6.45) is 3.22. The number of fused-ring (bicyclic) bond motifs is 1. The van der Waals surface area contributed by atoms with Crippen LogP contribution in [0.1, 0.15) is 5.56 Å². The largest absolute Gasteiger partial charge is 0.369 e. The lowest BCUT2D eigenvalue weighted by Gasteiger charge is -1.99. The third-order valence-electron chi connectivity index (χ3n) is 2.19. The van der Waals surface area contributed by atoms with E-state index in [9.17, 15) is 4.79 Å². The van der Waals surface area contributed by atoms with Crippen molar-refractivity contribution in [3.05, 3.63) is 34.8 Å². The van der Waals surface area contributed by atoms with E-state index in [4.69, 9.17) is 11.0 Å². The van der Waals surface area contributed by atoms with E-state index in [0.29, 0.717) is 12.2 Å². The number of nitrogens with two attached hydrogens (primary N) is 1. The standard InChI is InChI=1S/C10H9N5O/c1-2-3-15-5-6(4-11)7-8(15)13-10(12)14-9(7)16/h2,5H,1,3H2,(H3,12,13,14,16). The van der Waals surface area contributed by atoms with Gasteiger partial charge in [0.25, 0.3) is 5.56 Å². The first-order valence-corrected chi connectivity index (χ1v) is 4.57. The van der Waals surface area contributed by atoms with Crippen molar-refractivity contribution in [3.63, 3.8) is 0 Å². The first kappa shape index (κ1) is 9.98. The Morgan fingerprint density at radius 3 is 3.12 bits per heavy atom. The average Bonchev–Trinajstić information content (AvgIpc) is 2.57. The summed E-state index contributed by atoms with van der Waals surface area (Å²) in [5, 5.41) is 9.17. The van der Waals surface area contributed by atoms with E-state index in [2.05, 4.69) is 16.5 Å². The highest BCUT2D eigenvalue weighted by atomic mass is 16.1. The maximum Gasteiger partial charge on any atom is 0.263 e. The van der Waals surface area contributed by atoms with Crippen LogP contribution in [0, 0.1) is 11.3 Å². The second-order valence-electron chi connectivity index (χ2n) is 3.25. The highest BCUT2D eigenvalue weighted by Gasteiger charge is 2.13. The van der Waals surface area contributed by atoms with E-state index in [-0.39, 0.29) is 16.9 Å². The van der Waals surface area contributed by atoms with Gasteiger partial charge in [-0.15, -0.1) is 6.58 Å². The van der Waals surface area contributed by atoms with E-state index in [1.165, 1.54) is 0 Å². The van der Waals surface area contributed by atoms with Crippen molar-refractivity contribution in [2.75, 3.05) is 5.73 Å². The fourth-order valence-electron chi connectivity index (χ4n) is 1.57. The quantitative estimate of drug-likeness (QED) is 0.706. The van der Waals surface area contributed by atoms with Gasteiger partial charge >= 0.3 is 0 Å². The number of nitrogens with one attached hydrogen (secondary N) is 1. The monoisotopic (exact) mass is 215 g/mol. The Morgan fingerprint density at radius 1 is 1.75 bits per heavy atom. The molecule has 0 aromatic carbocycles. The summed E-state index contributed by atoms with van der Waals surface area (Å²) in [4.78, 5) is 18.0. The molecule has 0 bridgehead atoms. The normalized spacial score (nSPS) is 10.2. The molecule has 0 aliphatic heterocycles. The van der Waals surface area contributed by atoms with Crippen molar-refractivity contribution in [2.24, 2.45) is 0 Å². The summed E-state index contributed by atoms with van der Waals surface area (Å²) in [5.41, 5.74) is 5.73. The van der Waals surface area contributed by atoms with Gasteiger partial charge in [-0.1, -0.05) is 6.08 Å². The van der Waals surface area contributed by atoms with E-state index in [1.54, 1.807) is 16.8 Å². The molecule has 2 aromatic rings. The lowest BCUT2D eigenvalue weighted by atomic mass is 10.3. The van der Waals surface area contributed by atoms with Gasteiger partial charge in [-0.25, -0.2) is 0 Å². The van der Waals surface area contributed by atoms with E-state index < -0.39 is 5.56 Å². The highest BCUT2D eigenvalue weighted by Crippen LogP contribution is 2.15. The van der Waals surface area contributed by atoms with Crippen molar-refractivity contribution >= 4 is 17.0 Å². The second kappa shape index (κ2) is 3.55. The van der Waals surface area contributed by atoms with Crippen LogP contribution in [0.15, 0.2) is 23.6 Å². The molecule has 16 heavy (non-hydrogen) atoms. The van der Waals surface area contributed by atoms with E-state index in [0.717, 1.165) is 0 Å². The molecular formula is C10H9N5O. The minimum absolute atomic E-state index is 0.0328. The minimum Gasteiger partial charge on any atom is -0.369 e. The van der Waals surface area contributed by atoms with E-state index >= 15 is 0 Å². The molecule has 80 valence electrons. The molecule has 0 aliphatic carbocycles. The molecule has 2 aromatic heterocycles. The maximum absolute atomic E-state index is 11.6. The van der Waals surface area contributed by atoms with Gasteiger partial charge in [0.2, 0.25) is 5.95 Å². The van der Waals surface area contributed by atoms with Crippen LogP contribution in [0.2, 0.25) is 0 Å². The van der Waals surface area contributed by atoms with Crippen molar-refractivity contribution in [3.8, 4) is 6.07 Å². The molecule has 0 aliphatic rings. The minimum atomic E-state index is -0.401. The van der Waals surface area contributed by atoms with Gasteiger partial charge in [0.15, 0.2) is 5.65 Å². The predicted molar refractivity (Wildman–Crippen MR) is 59.7 cm³/mol. The summed E-state index contributed by atoms with van der Waals surface area (Å²) < 4.78 is 1.66. The number of hydrogen-bond donors (Lipinski definition) is 2.